The van der Waals surface area contributed by atoms with Crippen molar-refractivity contribution in [2.75, 3.05) is 32.9 Å². The predicted molar refractivity (Wildman–Crippen MR) is 98.1 cm³/mol. The fourth-order valence-electron chi connectivity index (χ4n) is 3.25. The van der Waals surface area contributed by atoms with Gasteiger partial charge in [-0.15, -0.1) is 0 Å². The maximum absolute atomic E-state index is 13.1. The minimum Gasteiger partial charge on any atom is -0.490 e. The number of amides is 1. The number of hydrogen-bond donors (Lipinski definition) is 0. The van der Waals surface area contributed by atoms with Crippen molar-refractivity contribution in [1.29, 1.82) is 0 Å². The van der Waals surface area contributed by atoms with Crippen molar-refractivity contribution in [3.63, 3.8) is 0 Å². The zero-order valence-corrected chi connectivity index (χ0v) is 15.0. The fraction of sp³-hybridized carbons (Fsp3) is 0.381. The van der Waals surface area contributed by atoms with Crippen LogP contribution in [-0.2, 0) is 4.74 Å². The van der Waals surface area contributed by atoms with Gasteiger partial charge in [0.1, 0.15) is 18.2 Å². The molecule has 1 amide bonds. The van der Waals surface area contributed by atoms with Crippen LogP contribution in [-0.4, -0.2) is 43.7 Å². The molecule has 0 spiro atoms. The van der Waals surface area contributed by atoms with Gasteiger partial charge in [-0.05, 0) is 43.2 Å². The molecule has 0 aromatic heterocycles. The number of nitrogens with zero attached hydrogens (tertiary/aromatic N) is 1. The summed E-state index contributed by atoms with van der Waals surface area (Å²) in [7, 11) is 0. The molecule has 1 aliphatic heterocycles. The number of para-hydroxylation sites is 1. The highest BCUT2D eigenvalue weighted by Crippen LogP contribution is 2.30. The highest BCUT2D eigenvalue weighted by Gasteiger charge is 2.29. The number of rotatable bonds is 7. The van der Waals surface area contributed by atoms with Crippen LogP contribution in [0.25, 0.3) is 0 Å². The van der Waals surface area contributed by atoms with Crippen LogP contribution in [0.2, 0.25) is 0 Å². The summed E-state index contributed by atoms with van der Waals surface area (Å²) in [5.74, 6) is 0.562. The molecule has 0 radical (unpaired) electrons. The molecular weight excluding hydrogens is 333 g/mol. The van der Waals surface area contributed by atoms with Gasteiger partial charge in [-0.2, -0.15) is 0 Å². The lowest BCUT2D eigenvalue weighted by atomic mass is 9.98. The van der Waals surface area contributed by atoms with E-state index < -0.39 is 0 Å². The van der Waals surface area contributed by atoms with Gasteiger partial charge in [-0.25, -0.2) is 4.39 Å². The first-order valence-corrected chi connectivity index (χ1v) is 9.03. The summed E-state index contributed by atoms with van der Waals surface area (Å²) in [5.41, 5.74) is 1.65. The number of likely N-dealkylation sites (tertiary alicyclic amines) is 1. The van der Waals surface area contributed by atoms with Crippen molar-refractivity contribution in [2.45, 2.75) is 19.3 Å². The van der Waals surface area contributed by atoms with Gasteiger partial charge in [0.15, 0.2) is 0 Å². The Kier molecular flexibility index (Phi) is 6.23. The van der Waals surface area contributed by atoms with Gasteiger partial charge in [-0.1, -0.05) is 24.3 Å². The van der Waals surface area contributed by atoms with Crippen molar-refractivity contribution in [3.8, 4) is 5.75 Å². The third-order valence-electron chi connectivity index (χ3n) is 4.62. The van der Waals surface area contributed by atoms with Gasteiger partial charge >= 0.3 is 0 Å². The molecule has 1 unspecified atom stereocenters. The Labute approximate surface area is 153 Å². The Balaban J connectivity index is 1.65. The lowest BCUT2D eigenvalue weighted by Crippen LogP contribution is -2.29. The molecule has 2 aromatic carbocycles. The van der Waals surface area contributed by atoms with E-state index in [0.29, 0.717) is 44.2 Å². The highest BCUT2D eigenvalue weighted by molar-refractivity contribution is 5.97. The van der Waals surface area contributed by atoms with E-state index in [-0.39, 0.29) is 17.6 Å². The molecule has 2 aromatic rings. The van der Waals surface area contributed by atoms with Crippen LogP contribution < -0.4 is 4.74 Å². The maximum Gasteiger partial charge on any atom is 0.257 e. The van der Waals surface area contributed by atoms with E-state index in [1.807, 2.05) is 30.0 Å². The molecule has 1 fully saturated rings. The molecule has 1 saturated heterocycles. The lowest BCUT2D eigenvalue weighted by molar-refractivity contribution is 0.0779. The van der Waals surface area contributed by atoms with Crippen LogP contribution >= 0.6 is 0 Å². The van der Waals surface area contributed by atoms with E-state index in [0.717, 1.165) is 12.0 Å². The summed E-state index contributed by atoms with van der Waals surface area (Å²) in [4.78, 5) is 14.8. The molecule has 4 nitrogen and oxygen atoms in total. The molecular formula is C21H24FNO3. The Morgan fingerprint density at radius 2 is 1.92 bits per heavy atom. The Morgan fingerprint density at radius 3 is 2.69 bits per heavy atom. The largest absolute Gasteiger partial charge is 0.490 e. The van der Waals surface area contributed by atoms with Gasteiger partial charge in [-0.3, -0.25) is 4.79 Å². The number of ether oxygens (including phenoxy) is 2. The zero-order valence-electron chi connectivity index (χ0n) is 15.0. The molecule has 3 rings (SSSR count). The van der Waals surface area contributed by atoms with Crippen LogP contribution in [0.3, 0.4) is 0 Å². The predicted octanol–water partition coefficient (Wildman–Crippen LogP) is 3.87. The van der Waals surface area contributed by atoms with Crippen LogP contribution in [0.15, 0.2) is 48.5 Å². The molecule has 26 heavy (non-hydrogen) atoms. The first-order chi connectivity index (χ1) is 12.7. The van der Waals surface area contributed by atoms with Crippen LogP contribution in [0.1, 0.15) is 35.2 Å². The SMILES string of the molecule is CCOCCOc1ccccc1C(=O)N1CCC(c2ccc(F)cc2)C1. The smallest absolute Gasteiger partial charge is 0.257 e. The second kappa shape index (κ2) is 8.81. The second-order valence-electron chi connectivity index (χ2n) is 6.33. The first-order valence-electron chi connectivity index (χ1n) is 9.03. The van der Waals surface area contributed by atoms with Crippen LogP contribution in [0, 0.1) is 5.82 Å². The van der Waals surface area contributed by atoms with Gasteiger partial charge in [0.05, 0.1) is 12.2 Å². The average Bonchev–Trinajstić information content (AvgIpc) is 3.16. The minimum atomic E-state index is -0.238. The number of hydrogen-bond acceptors (Lipinski definition) is 3. The molecule has 138 valence electrons. The average molecular weight is 357 g/mol. The number of halogens is 1. The van der Waals surface area contributed by atoms with Gasteiger partial charge in [0.25, 0.3) is 5.91 Å². The van der Waals surface area contributed by atoms with E-state index in [9.17, 15) is 9.18 Å². The van der Waals surface area contributed by atoms with E-state index in [4.69, 9.17) is 9.47 Å². The summed E-state index contributed by atoms with van der Waals surface area (Å²) in [6, 6.07) is 13.9. The Hall–Kier alpha value is -2.40. The molecule has 1 aliphatic rings. The van der Waals surface area contributed by atoms with E-state index in [1.165, 1.54) is 12.1 Å². The summed E-state index contributed by atoms with van der Waals surface area (Å²) in [5, 5.41) is 0. The van der Waals surface area contributed by atoms with E-state index in [1.54, 1.807) is 18.2 Å². The quantitative estimate of drug-likeness (QED) is 0.706. The number of benzene rings is 2. The molecule has 1 heterocycles. The lowest BCUT2D eigenvalue weighted by Gasteiger charge is -2.19. The monoisotopic (exact) mass is 357 g/mol. The molecule has 5 heteroatoms. The third kappa shape index (κ3) is 4.41. The molecule has 0 bridgehead atoms. The van der Waals surface area contributed by atoms with Gasteiger partial charge < -0.3 is 14.4 Å². The maximum atomic E-state index is 13.1. The topological polar surface area (TPSA) is 38.8 Å². The molecule has 0 saturated carbocycles. The molecule has 0 aliphatic carbocycles. The van der Waals surface area contributed by atoms with Crippen molar-refractivity contribution >= 4 is 5.91 Å². The van der Waals surface area contributed by atoms with Crippen molar-refractivity contribution in [3.05, 3.63) is 65.5 Å². The van der Waals surface area contributed by atoms with E-state index >= 15 is 0 Å². The molecule has 0 N–H and O–H groups in total. The summed E-state index contributed by atoms with van der Waals surface area (Å²) in [6.07, 6.45) is 0.880. The first kappa shape index (κ1) is 18.4. The normalized spacial score (nSPS) is 16.7. The number of carbonyl (C=O) groups excluding carboxylic acids is 1. The third-order valence-corrected chi connectivity index (χ3v) is 4.62. The van der Waals surface area contributed by atoms with Gasteiger partial charge in [0, 0.05) is 25.6 Å². The van der Waals surface area contributed by atoms with Crippen molar-refractivity contribution in [1.82, 2.24) is 4.90 Å². The number of carbonyl (C=O) groups is 1. The van der Waals surface area contributed by atoms with Gasteiger partial charge in [0.2, 0.25) is 0 Å². The molecule has 1 atom stereocenters. The Morgan fingerprint density at radius 1 is 1.15 bits per heavy atom. The summed E-state index contributed by atoms with van der Waals surface area (Å²) in [6.45, 7) is 4.81. The standard InChI is InChI=1S/C21H24FNO3/c1-2-25-13-14-26-20-6-4-3-5-19(20)21(24)23-12-11-17(15-23)16-7-9-18(22)10-8-16/h3-10,17H,2,11-15H2,1H3. The Bertz CT molecular complexity index is 732. The minimum absolute atomic E-state index is 0.0263. The van der Waals surface area contributed by atoms with Crippen molar-refractivity contribution < 1.29 is 18.7 Å². The fourth-order valence-corrected chi connectivity index (χ4v) is 3.25. The summed E-state index contributed by atoms with van der Waals surface area (Å²) >= 11 is 0. The van der Waals surface area contributed by atoms with Crippen molar-refractivity contribution in [2.24, 2.45) is 0 Å². The zero-order chi connectivity index (χ0) is 18.4. The summed E-state index contributed by atoms with van der Waals surface area (Å²) < 4.78 is 24.1. The van der Waals surface area contributed by atoms with Crippen LogP contribution in [0.5, 0.6) is 5.75 Å². The second-order valence-corrected chi connectivity index (χ2v) is 6.33. The highest BCUT2D eigenvalue weighted by atomic mass is 19.1. The van der Waals surface area contributed by atoms with Crippen LogP contribution in [0.4, 0.5) is 4.39 Å². The van der Waals surface area contributed by atoms with E-state index in [2.05, 4.69) is 0 Å².